The molecule has 0 saturated heterocycles. The highest BCUT2D eigenvalue weighted by Crippen LogP contribution is 2.18. The van der Waals surface area contributed by atoms with Gasteiger partial charge in [0, 0.05) is 14.6 Å². The fourth-order valence-corrected chi connectivity index (χ4v) is 1.87. The van der Waals surface area contributed by atoms with Crippen LogP contribution in [0, 0.1) is 3.57 Å². The van der Waals surface area contributed by atoms with E-state index in [9.17, 15) is 0 Å². The first-order valence-corrected chi connectivity index (χ1v) is 5.16. The molecule has 0 atom stereocenters. The summed E-state index contributed by atoms with van der Waals surface area (Å²) in [6.45, 7) is 0.215. The van der Waals surface area contributed by atoms with Gasteiger partial charge in [0.15, 0.2) is 0 Å². The largest absolute Gasteiger partial charge is 0.396 e. The van der Waals surface area contributed by atoms with E-state index in [2.05, 4.69) is 38.5 Å². The minimum atomic E-state index is 0.215. The predicted molar refractivity (Wildman–Crippen MR) is 57.6 cm³/mol. The molecule has 0 bridgehead atoms. The van der Waals surface area contributed by atoms with Gasteiger partial charge in [0.25, 0.3) is 0 Å². The zero-order valence-electron chi connectivity index (χ0n) is 5.85. The summed E-state index contributed by atoms with van der Waals surface area (Å²) in [4.78, 5) is 0. The van der Waals surface area contributed by atoms with Crippen LogP contribution in [-0.4, -0.2) is 11.7 Å². The maximum Gasteiger partial charge on any atom is 0.0471 e. The molecule has 0 unspecified atom stereocenters. The summed E-state index contributed by atoms with van der Waals surface area (Å²) in [5.74, 6) is 0. The van der Waals surface area contributed by atoms with Gasteiger partial charge in [-0.1, -0.05) is 15.9 Å². The lowest BCUT2D eigenvalue weighted by Gasteiger charge is -2.01. The minimum Gasteiger partial charge on any atom is -0.396 e. The van der Waals surface area contributed by atoms with Crippen molar-refractivity contribution in [3.8, 4) is 0 Å². The zero-order valence-corrected chi connectivity index (χ0v) is 9.59. The molecule has 1 nitrogen and oxygen atoms in total. The molecule has 1 aromatic carbocycles. The molecule has 0 aliphatic heterocycles. The molecule has 0 spiro atoms. The van der Waals surface area contributed by atoms with Gasteiger partial charge in [0.05, 0.1) is 0 Å². The van der Waals surface area contributed by atoms with Crippen molar-refractivity contribution in [2.24, 2.45) is 0 Å². The van der Waals surface area contributed by atoms with Crippen molar-refractivity contribution in [2.75, 3.05) is 6.61 Å². The summed E-state index contributed by atoms with van der Waals surface area (Å²) in [6, 6.07) is 6.08. The van der Waals surface area contributed by atoms with E-state index in [1.54, 1.807) is 0 Å². The van der Waals surface area contributed by atoms with E-state index in [-0.39, 0.29) is 6.61 Å². The average Bonchev–Trinajstić information content (AvgIpc) is 1.98. The van der Waals surface area contributed by atoms with Crippen molar-refractivity contribution in [1.82, 2.24) is 0 Å². The van der Waals surface area contributed by atoms with Crippen LogP contribution in [0.1, 0.15) is 5.56 Å². The molecule has 0 saturated carbocycles. The molecule has 0 fully saturated rings. The van der Waals surface area contributed by atoms with Crippen molar-refractivity contribution in [3.63, 3.8) is 0 Å². The van der Waals surface area contributed by atoms with Gasteiger partial charge in [-0.15, -0.1) is 0 Å². The highest BCUT2D eigenvalue weighted by atomic mass is 127. The number of rotatable bonds is 2. The van der Waals surface area contributed by atoms with Crippen LogP contribution in [0.3, 0.4) is 0 Å². The number of aliphatic hydroxyl groups is 1. The Bertz CT molecular complexity index is 250. The summed E-state index contributed by atoms with van der Waals surface area (Å²) in [7, 11) is 0. The number of hydrogen-bond donors (Lipinski definition) is 1. The zero-order chi connectivity index (χ0) is 8.27. The fraction of sp³-hybridized carbons (Fsp3) is 0.250. The van der Waals surface area contributed by atoms with E-state index >= 15 is 0 Å². The van der Waals surface area contributed by atoms with Gasteiger partial charge in [0.2, 0.25) is 0 Å². The van der Waals surface area contributed by atoms with Crippen LogP contribution in [0.4, 0.5) is 0 Å². The monoisotopic (exact) mass is 326 g/mol. The van der Waals surface area contributed by atoms with Crippen molar-refractivity contribution in [3.05, 3.63) is 31.8 Å². The van der Waals surface area contributed by atoms with Crippen molar-refractivity contribution in [1.29, 1.82) is 0 Å². The number of halogens is 2. The molecule has 0 aliphatic rings. The van der Waals surface area contributed by atoms with Gasteiger partial charge in [-0.3, -0.25) is 0 Å². The quantitative estimate of drug-likeness (QED) is 0.828. The molecule has 1 N–H and O–H groups in total. The molecular weight excluding hydrogens is 319 g/mol. The van der Waals surface area contributed by atoms with Crippen molar-refractivity contribution in [2.45, 2.75) is 6.42 Å². The Hall–Kier alpha value is 0.390. The lowest BCUT2D eigenvalue weighted by molar-refractivity contribution is 0.299. The third-order valence-electron chi connectivity index (χ3n) is 1.39. The molecule has 11 heavy (non-hydrogen) atoms. The Balaban J connectivity index is 2.93. The van der Waals surface area contributed by atoms with E-state index in [0.29, 0.717) is 0 Å². The standard InChI is InChI=1S/C8H8BrIO/c9-7-1-2-8(10)6(5-7)3-4-11/h1-2,5,11H,3-4H2. The third kappa shape index (κ3) is 2.72. The molecule has 1 rings (SSSR count). The maximum atomic E-state index is 8.72. The average molecular weight is 327 g/mol. The molecule has 0 aromatic heterocycles. The van der Waals surface area contributed by atoms with Crippen LogP contribution in [0.25, 0.3) is 0 Å². The second-order valence-electron chi connectivity index (χ2n) is 2.21. The molecule has 1 aromatic rings. The highest BCUT2D eigenvalue weighted by molar-refractivity contribution is 14.1. The smallest absolute Gasteiger partial charge is 0.0471 e. The summed E-state index contributed by atoms with van der Waals surface area (Å²) in [5, 5.41) is 8.72. The van der Waals surface area contributed by atoms with Crippen LogP contribution in [0.2, 0.25) is 0 Å². The van der Waals surface area contributed by atoms with Crippen LogP contribution in [-0.2, 0) is 6.42 Å². The Kier molecular flexibility index (Phi) is 3.81. The van der Waals surface area contributed by atoms with Crippen LogP contribution < -0.4 is 0 Å². The van der Waals surface area contributed by atoms with E-state index in [1.807, 2.05) is 18.2 Å². The number of aliphatic hydroxyl groups excluding tert-OH is 1. The van der Waals surface area contributed by atoms with Crippen molar-refractivity contribution < 1.29 is 5.11 Å². The first-order valence-electron chi connectivity index (χ1n) is 3.29. The molecule has 0 aliphatic carbocycles. The first kappa shape index (κ1) is 9.48. The lowest BCUT2D eigenvalue weighted by atomic mass is 10.2. The van der Waals surface area contributed by atoms with Crippen LogP contribution >= 0.6 is 38.5 Å². The molecule has 60 valence electrons. The van der Waals surface area contributed by atoms with Gasteiger partial charge in [-0.25, -0.2) is 0 Å². The minimum absolute atomic E-state index is 0.215. The number of hydrogen-bond acceptors (Lipinski definition) is 1. The first-order chi connectivity index (χ1) is 5.24. The molecule has 0 radical (unpaired) electrons. The van der Waals surface area contributed by atoms with Gasteiger partial charge in [-0.2, -0.15) is 0 Å². The Morgan fingerprint density at radius 3 is 2.82 bits per heavy atom. The summed E-state index contributed by atoms with van der Waals surface area (Å²) >= 11 is 5.65. The Labute approximate surface area is 88.1 Å². The SMILES string of the molecule is OCCc1cc(Br)ccc1I. The van der Waals surface area contributed by atoms with E-state index in [0.717, 1.165) is 10.9 Å². The molecular formula is C8H8BrIO. The fourth-order valence-electron chi connectivity index (χ4n) is 0.855. The highest BCUT2D eigenvalue weighted by Gasteiger charge is 1.98. The second-order valence-corrected chi connectivity index (χ2v) is 4.29. The van der Waals surface area contributed by atoms with Gasteiger partial charge < -0.3 is 5.11 Å². The third-order valence-corrected chi connectivity index (χ3v) is 2.93. The molecule has 0 amide bonds. The van der Waals surface area contributed by atoms with Gasteiger partial charge in [-0.05, 0) is 52.8 Å². The summed E-state index contributed by atoms with van der Waals surface area (Å²) in [6.07, 6.45) is 0.734. The second kappa shape index (κ2) is 4.42. The topological polar surface area (TPSA) is 20.2 Å². The number of benzene rings is 1. The molecule has 3 heteroatoms. The Morgan fingerprint density at radius 2 is 2.18 bits per heavy atom. The normalized spacial score (nSPS) is 10.1. The van der Waals surface area contributed by atoms with E-state index < -0.39 is 0 Å². The van der Waals surface area contributed by atoms with E-state index in [1.165, 1.54) is 9.13 Å². The molecule has 0 heterocycles. The van der Waals surface area contributed by atoms with Crippen molar-refractivity contribution >= 4 is 38.5 Å². The van der Waals surface area contributed by atoms with E-state index in [4.69, 9.17) is 5.11 Å². The summed E-state index contributed by atoms with van der Waals surface area (Å²) < 4.78 is 2.28. The van der Waals surface area contributed by atoms with Crippen LogP contribution in [0.5, 0.6) is 0 Å². The maximum absolute atomic E-state index is 8.72. The Morgan fingerprint density at radius 1 is 1.45 bits per heavy atom. The van der Waals surface area contributed by atoms with Crippen LogP contribution in [0.15, 0.2) is 22.7 Å². The lowest BCUT2D eigenvalue weighted by Crippen LogP contribution is -1.93. The summed E-state index contributed by atoms with van der Waals surface area (Å²) in [5.41, 5.74) is 1.20. The van der Waals surface area contributed by atoms with Gasteiger partial charge >= 0.3 is 0 Å². The predicted octanol–water partition coefficient (Wildman–Crippen LogP) is 2.59. The van der Waals surface area contributed by atoms with Gasteiger partial charge in [0.1, 0.15) is 0 Å².